The lowest BCUT2D eigenvalue weighted by Gasteiger charge is -2.13. The molecule has 4 aromatic heterocycles. The largest absolute Gasteiger partial charge is 0.309 e. The Labute approximate surface area is 331 Å². The van der Waals surface area contributed by atoms with E-state index in [4.69, 9.17) is 15.0 Å². The standard InChI is InChI=1S/C51H31N5S/c1-2-14-32(15-3-1)49-52-50(54-51(53-49)56-43-24-9-5-18-37(43)38-19-6-10-25-44(38)56)34-28-29-40-39-20-4-8-23-42(39)55(45(40)31-34)35-17-12-16-33(30-35)36-22-13-27-47-48(36)41-21-7-11-26-46(41)57-47/h1-31H. The average Bonchev–Trinajstić information content (AvgIpc) is 3.94. The summed E-state index contributed by atoms with van der Waals surface area (Å²) in [6.07, 6.45) is 0. The topological polar surface area (TPSA) is 48.5 Å². The van der Waals surface area contributed by atoms with E-state index in [1.807, 2.05) is 29.5 Å². The highest BCUT2D eigenvalue weighted by molar-refractivity contribution is 7.25. The predicted molar refractivity (Wildman–Crippen MR) is 238 cm³/mol. The second-order valence-electron chi connectivity index (χ2n) is 14.4. The first-order chi connectivity index (χ1) is 28.3. The monoisotopic (exact) mass is 745 g/mol. The van der Waals surface area contributed by atoms with Crippen molar-refractivity contribution in [2.75, 3.05) is 0 Å². The fourth-order valence-corrected chi connectivity index (χ4v) is 9.80. The smallest absolute Gasteiger partial charge is 0.238 e. The van der Waals surface area contributed by atoms with Crippen molar-refractivity contribution in [1.29, 1.82) is 0 Å². The van der Waals surface area contributed by atoms with Crippen molar-refractivity contribution in [3.63, 3.8) is 0 Å². The number of para-hydroxylation sites is 3. The Morgan fingerprint density at radius 3 is 1.65 bits per heavy atom. The molecule has 0 aliphatic heterocycles. The molecule has 0 fully saturated rings. The lowest BCUT2D eigenvalue weighted by molar-refractivity contribution is 0.953. The molecule has 8 aromatic carbocycles. The normalized spacial score (nSPS) is 11.9. The number of rotatable bonds is 5. The Bertz CT molecular complexity index is 3490. The molecule has 57 heavy (non-hydrogen) atoms. The molecule has 0 atom stereocenters. The van der Waals surface area contributed by atoms with E-state index in [9.17, 15) is 0 Å². The fraction of sp³-hybridized carbons (Fsp3) is 0. The van der Waals surface area contributed by atoms with Crippen molar-refractivity contribution in [2.24, 2.45) is 0 Å². The van der Waals surface area contributed by atoms with Crippen LogP contribution in [0.25, 0.3) is 109 Å². The van der Waals surface area contributed by atoms with Crippen molar-refractivity contribution in [2.45, 2.75) is 0 Å². The summed E-state index contributed by atoms with van der Waals surface area (Å²) in [6.45, 7) is 0. The number of aromatic nitrogens is 5. The average molecular weight is 746 g/mol. The Hall–Kier alpha value is -7.41. The van der Waals surface area contributed by atoms with Crippen LogP contribution in [0.1, 0.15) is 0 Å². The predicted octanol–water partition coefficient (Wildman–Crippen LogP) is 13.4. The number of hydrogen-bond donors (Lipinski definition) is 0. The molecule has 12 aromatic rings. The molecule has 0 spiro atoms. The van der Waals surface area contributed by atoms with Gasteiger partial charge < -0.3 is 4.57 Å². The number of hydrogen-bond acceptors (Lipinski definition) is 4. The summed E-state index contributed by atoms with van der Waals surface area (Å²) in [5, 5.41) is 7.30. The maximum absolute atomic E-state index is 5.27. The minimum Gasteiger partial charge on any atom is -0.309 e. The van der Waals surface area contributed by atoms with Crippen LogP contribution in [0.5, 0.6) is 0 Å². The highest BCUT2D eigenvalue weighted by atomic mass is 32.1. The molecular weight excluding hydrogens is 715 g/mol. The molecule has 0 radical (unpaired) electrons. The van der Waals surface area contributed by atoms with Gasteiger partial charge in [0.25, 0.3) is 0 Å². The highest BCUT2D eigenvalue weighted by Gasteiger charge is 2.20. The second kappa shape index (κ2) is 12.6. The molecule has 0 aliphatic rings. The molecule has 266 valence electrons. The van der Waals surface area contributed by atoms with E-state index in [0.717, 1.165) is 49.7 Å². The number of fused-ring (bicyclic) bond motifs is 9. The third kappa shape index (κ3) is 4.98. The summed E-state index contributed by atoms with van der Waals surface area (Å²) in [6, 6.07) is 66.7. The molecule has 0 amide bonds. The van der Waals surface area contributed by atoms with E-state index >= 15 is 0 Å². The summed E-state index contributed by atoms with van der Waals surface area (Å²) >= 11 is 1.85. The molecule has 0 saturated carbocycles. The Morgan fingerprint density at radius 2 is 0.912 bits per heavy atom. The molecule has 4 heterocycles. The van der Waals surface area contributed by atoms with E-state index in [1.165, 1.54) is 42.1 Å². The summed E-state index contributed by atoms with van der Waals surface area (Å²) in [4.78, 5) is 15.6. The molecule has 5 nitrogen and oxygen atoms in total. The van der Waals surface area contributed by atoms with Gasteiger partial charge in [0.05, 0.1) is 22.1 Å². The first-order valence-electron chi connectivity index (χ1n) is 19.1. The van der Waals surface area contributed by atoms with Crippen molar-refractivity contribution in [3.05, 3.63) is 188 Å². The maximum atomic E-state index is 5.27. The maximum Gasteiger partial charge on any atom is 0.238 e. The minimum atomic E-state index is 0.583. The van der Waals surface area contributed by atoms with Crippen LogP contribution in [0.3, 0.4) is 0 Å². The third-order valence-corrected chi connectivity index (χ3v) is 12.3. The first kappa shape index (κ1) is 31.9. The molecule has 6 heteroatoms. The molecule has 0 unspecified atom stereocenters. The summed E-state index contributed by atoms with van der Waals surface area (Å²) in [7, 11) is 0. The molecule has 0 saturated heterocycles. The van der Waals surface area contributed by atoms with Gasteiger partial charge in [0.1, 0.15) is 0 Å². The van der Waals surface area contributed by atoms with Gasteiger partial charge >= 0.3 is 0 Å². The van der Waals surface area contributed by atoms with Gasteiger partial charge in [-0.1, -0.05) is 140 Å². The van der Waals surface area contributed by atoms with Gasteiger partial charge in [0.15, 0.2) is 11.6 Å². The van der Waals surface area contributed by atoms with Crippen LogP contribution in [-0.2, 0) is 0 Å². The van der Waals surface area contributed by atoms with Gasteiger partial charge in [-0.05, 0) is 59.7 Å². The quantitative estimate of drug-likeness (QED) is 0.176. The lowest BCUT2D eigenvalue weighted by Crippen LogP contribution is -2.06. The molecule has 0 aliphatic carbocycles. The van der Waals surface area contributed by atoms with Gasteiger partial charge in [-0.3, -0.25) is 4.57 Å². The zero-order valence-corrected chi connectivity index (χ0v) is 31.4. The Kier molecular flexibility index (Phi) is 7.03. The van der Waals surface area contributed by atoms with Crippen molar-refractivity contribution in [3.8, 4) is 45.5 Å². The van der Waals surface area contributed by atoms with E-state index in [0.29, 0.717) is 17.6 Å². The van der Waals surface area contributed by atoms with E-state index in [1.54, 1.807) is 0 Å². The second-order valence-corrected chi connectivity index (χ2v) is 15.5. The molecule has 0 bridgehead atoms. The molecule has 12 rings (SSSR count). The Balaban J connectivity index is 1.08. The Morgan fingerprint density at radius 1 is 0.351 bits per heavy atom. The molecular formula is C51H31N5S. The highest BCUT2D eigenvalue weighted by Crippen LogP contribution is 2.41. The van der Waals surface area contributed by atoms with Crippen LogP contribution in [0.4, 0.5) is 0 Å². The van der Waals surface area contributed by atoms with Crippen molar-refractivity contribution < 1.29 is 0 Å². The van der Waals surface area contributed by atoms with Gasteiger partial charge in [0, 0.05) is 58.5 Å². The van der Waals surface area contributed by atoms with E-state index in [-0.39, 0.29) is 0 Å². The minimum absolute atomic E-state index is 0.583. The fourth-order valence-electron chi connectivity index (χ4n) is 8.66. The summed E-state index contributed by atoms with van der Waals surface area (Å²) < 4.78 is 7.16. The molecule has 0 N–H and O–H groups in total. The van der Waals surface area contributed by atoms with Crippen molar-refractivity contribution in [1.82, 2.24) is 24.1 Å². The number of thiophene rings is 1. The lowest BCUT2D eigenvalue weighted by atomic mass is 9.99. The van der Waals surface area contributed by atoms with Gasteiger partial charge in [0.2, 0.25) is 5.95 Å². The van der Waals surface area contributed by atoms with Gasteiger partial charge in [-0.2, -0.15) is 9.97 Å². The van der Waals surface area contributed by atoms with Crippen LogP contribution in [-0.4, -0.2) is 24.1 Å². The van der Waals surface area contributed by atoms with Gasteiger partial charge in [-0.25, -0.2) is 4.98 Å². The van der Waals surface area contributed by atoms with Crippen LogP contribution >= 0.6 is 11.3 Å². The SMILES string of the molecule is c1ccc(-c2nc(-c3ccc4c5ccccc5n(-c5cccc(-c6cccc7sc8ccccc8c67)c5)c4c3)nc(-n3c4ccccc4c4ccccc43)n2)cc1. The van der Waals surface area contributed by atoms with Crippen molar-refractivity contribution >= 4 is 75.1 Å². The zero-order chi connectivity index (χ0) is 37.5. The van der Waals surface area contributed by atoms with E-state index < -0.39 is 0 Å². The van der Waals surface area contributed by atoms with E-state index in [2.05, 4.69) is 179 Å². The number of nitrogens with zero attached hydrogens (tertiary/aromatic N) is 5. The number of benzene rings is 8. The summed E-state index contributed by atoms with van der Waals surface area (Å²) in [5.41, 5.74) is 9.71. The van der Waals surface area contributed by atoms with Crippen LogP contribution in [0.2, 0.25) is 0 Å². The van der Waals surface area contributed by atoms with Gasteiger partial charge in [-0.15, -0.1) is 11.3 Å². The zero-order valence-electron chi connectivity index (χ0n) is 30.5. The van der Waals surface area contributed by atoms with Crippen LogP contribution in [0.15, 0.2) is 188 Å². The summed E-state index contributed by atoms with van der Waals surface area (Å²) in [5.74, 6) is 1.82. The third-order valence-electron chi connectivity index (χ3n) is 11.2. The van der Waals surface area contributed by atoms with Crippen LogP contribution in [0, 0.1) is 0 Å². The van der Waals surface area contributed by atoms with Crippen LogP contribution < -0.4 is 0 Å². The first-order valence-corrected chi connectivity index (χ1v) is 19.9.